The van der Waals surface area contributed by atoms with Crippen molar-refractivity contribution in [1.29, 1.82) is 0 Å². The summed E-state index contributed by atoms with van der Waals surface area (Å²) in [5, 5.41) is 6.70. The number of hydrogen-bond donors (Lipinski definition) is 2. The third-order valence-corrected chi connectivity index (χ3v) is 2.77. The Labute approximate surface area is 116 Å². The monoisotopic (exact) mass is 275 g/mol. The average Bonchev–Trinajstić information content (AvgIpc) is 2.93. The number of carbonyl (C=O) groups is 1. The molecule has 3 N–H and O–H groups in total. The number of nitrogen functional groups attached to an aromatic ring is 1. The fourth-order valence-electron chi connectivity index (χ4n) is 1.71. The van der Waals surface area contributed by atoms with Crippen molar-refractivity contribution in [3.8, 4) is 0 Å². The van der Waals surface area contributed by atoms with Gasteiger partial charge in [0, 0.05) is 32.6 Å². The van der Waals surface area contributed by atoms with Crippen LogP contribution in [0.4, 0.5) is 11.4 Å². The maximum atomic E-state index is 11.9. The van der Waals surface area contributed by atoms with Gasteiger partial charge in [-0.05, 0) is 18.2 Å². The number of rotatable bonds is 5. The second-order valence-electron chi connectivity index (χ2n) is 4.51. The molecule has 0 aliphatic carbocycles. The van der Waals surface area contributed by atoms with Crippen LogP contribution in [0.2, 0.25) is 0 Å². The summed E-state index contributed by atoms with van der Waals surface area (Å²) < 4.78 is 4.90. The Morgan fingerprint density at radius 2 is 2.25 bits per heavy atom. The predicted octanol–water partition coefficient (Wildman–Crippen LogP) is 1.01. The molecule has 0 aliphatic rings. The molecule has 7 heteroatoms. The number of carbonyl (C=O) groups excluding carboxylic acids is 1. The zero-order valence-corrected chi connectivity index (χ0v) is 11.5. The first-order valence-electron chi connectivity index (χ1n) is 6.18. The molecule has 0 saturated heterocycles. The molecule has 20 heavy (non-hydrogen) atoms. The van der Waals surface area contributed by atoms with Gasteiger partial charge in [-0.25, -0.2) is 0 Å². The maximum Gasteiger partial charge on any atom is 0.253 e. The molecule has 2 rings (SSSR count). The minimum absolute atomic E-state index is 0.0649. The van der Waals surface area contributed by atoms with E-state index in [1.807, 2.05) is 0 Å². The van der Waals surface area contributed by atoms with Crippen molar-refractivity contribution >= 4 is 17.3 Å². The molecule has 1 aromatic heterocycles. The van der Waals surface area contributed by atoms with E-state index in [1.165, 1.54) is 11.2 Å². The second kappa shape index (κ2) is 6.05. The summed E-state index contributed by atoms with van der Waals surface area (Å²) in [7, 11) is 3.42. The van der Waals surface area contributed by atoms with Gasteiger partial charge in [-0.3, -0.25) is 4.79 Å². The third kappa shape index (κ3) is 3.25. The molecule has 0 fully saturated rings. The molecule has 1 aromatic carbocycles. The Kier molecular flexibility index (Phi) is 4.19. The van der Waals surface area contributed by atoms with Gasteiger partial charge in [-0.15, -0.1) is 0 Å². The van der Waals surface area contributed by atoms with E-state index < -0.39 is 0 Å². The van der Waals surface area contributed by atoms with E-state index in [9.17, 15) is 4.79 Å². The standard InChI is InChI=1S/C13H17N5O2/c1-18(2)13(19)9-3-4-10(14)11(7-9)15-6-5-12-16-8-17-20-12/h3-4,7-8,15H,5-6,14H2,1-2H3. The highest BCUT2D eigenvalue weighted by molar-refractivity contribution is 5.95. The third-order valence-electron chi connectivity index (χ3n) is 2.77. The van der Waals surface area contributed by atoms with Crippen molar-refractivity contribution in [1.82, 2.24) is 15.0 Å². The molecule has 0 unspecified atom stereocenters. The molecule has 0 radical (unpaired) electrons. The van der Waals surface area contributed by atoms with Crippen LogP contribution in [0.5, 0.6) is 0 Å². The van der Waals surface area contributed by atoms with Gasteiger partial charge in [-0.1, -0.05) is 5.16 Å². The lowest BCUT2D eigenvalue weighted by molar-refractivity contribution is 0.0827. The smallest absolute Gasteiger partial charge is 0.253 e. The summed E-state index contributed by atoms with van der Waals surface area (Å²) in [6.07, 6.45) is 1.95. The number of nitrogens with zero attached hydrogens (tertiary/aromatic N) is 3. The number of amides is 1. The summed E-state index contributed by atoms with van der Waals surface area (Å²) in [6.45, 7) is 0.589. The van der Waals surface area contributed by atoms with E-state index >= 15 is 0 Å². The quantitative estimate of drug-likeness (QED) is 0.790. The molecule has 106 valence electrons. The highest BCUT2D eigenvalue weighted by Gasteiger charge is 2.10. The molecule has 7 nitrogen and oxygen atoms in total. The van der Waals surface area contributed by atoms with Gasteiger partial charge in [0.1, 0.15) is 0 Å². The fraction of sp³-hybridized carbons (Fsp3) is 0.308. The normalized spacial score (nSPS) is 10.3. The van der Waals surface area contributed by atoms with Crippen molar-refractivity contribution in [3.05, 3.63) is 36.0 Å². The predicted molar refractivity (Wildman–Crippen MR) is 75.4 cm³/mol. The number of anilines is 2. The van der Waals surface area contributed by atoms with E-state index in [-0.39, 0.29) is 5.91 Å². The maximum absolute atomic E-state index is 11.9. The Hall–Kier alpha value is -2.57. The lowest BCUT2D eigenvalue weighted by Gasteiger charge is -2.13. The van der Waals surface area contributed by atoms with Crippen LogP contribution in [-0.4, -0.2) is 41.6 Å². The van der Waals surface area contributed by atoms with Crippen molar-refractivity contribution in [2.45, 2.75) is 6.42 Å². The zero-order valence-electron chi connectivity index (χ0n) is 11.5. The van der Waals surface area contributed by atoms with Gasteiger partial charge < -0.3 is 20.5 Å². The van der Waals surface area contributed by atoms with E-state index in [4.69, 9.17) is 10.3 Å². The van der Waals surface area contributed by atoms with Crippen LogP contribution in [0.25, 0.3) is 0 Å². The van der Waals surface area contributed by atoms with Gasteiger partial charge in [0.15, 0.2) is 6.33 Å². The first-order valence-corrected chi connectivity index (χ1v) is 6.18. The van der Waals surface area contributed by atoms with E-state index in [0.717, 1.165) is 5.69 Å². The highest BCUT2D eigenvalue weighted by atomic mass is 16.5. The minimum Gasteiger partial charge on any atom is -0.397 e. The SMILES string of the molecule is CN(C)C(=O)c1ccc(N)c(NCCc2ncno2)c1. The summed E-state index contributed by atoms with van der Waals surface area (Å²) in [4.78, 5) is 17.3. The summed E-state index contributed by atoms with van der Waals surface area (Å²) in [5.41, 5.74) is 7.78. The molecule has 0 aliphatic heterocycles. The zero-order chi connectivity index (χ0) is 14.5. The number of benzene rings is 1. The number of hydrogen-bond acceptors (Lipinski definition) is 6. The van der Waals surface area contributed by atoms with Gasteiger partial charge in [0.2, 0.25) is 5.89 Å². The summed E-state index contributed by atoms with van der Waals surface area (Å²) >= 11 is 0. The first-order chi connectivity index (χ1) is 9.58. The van der Waals surface area contributed by atoms with E-state index in [1.54, 1.807) is 32.3 Å². The van der Waals surface area contributed by atoms with Crippen LogP contribution in [0.15, 0.2) is 29.0 Å². The van der Waals surface area contributed by atoms with Gasteiger partial charge >= 0.3 is 0 Å². The molecule has 0 bridgehead atoms. The summed E-state index contributed by atoms with van der Waals surface area (Å²) in [6, 6.07) is 5.16. The van der Waals surface area contributed by atoms with Crippen molar-refractivity contribution in [2.75, 3.05) is 31.7 Å². The Morgan fingerprint density at radius 1 is 1.45 bits per heavy atom. The molecule has 0 atom stereocenters. The van der Waals surface area contributed by atoms with Gasteiger partial charge in [-0.2, -0.15) is 4.98 Å². The van der Waals surface area contributed by atoms with Crippen molar-refractivity contribution < 1.29 is 9.32 Å². The van der Waals surface area contributed by atoms with Crippen LogP contribution >= 0.6 is 0 Å². The van der Waals surface area contributed by atoms with Gasteiger partial charge in [0.05, 0.1) is 11.4 Å². The minimum atomic E-state index is -0.0649. The number of aromatic nitrogens is 2. The topological polar surface area (TPSA) is 97.3 Å². The average molecular weight is 275 g/mol. The fourth-order valence-corrected chi connectivity index (χ4v) is 1.71. The van der Waals surface area contributed by atoms with Crippen LogP contribution in [0, 0.1) is 0 Å². The Balaban J connectivity index is 2.03. The second-order valence-corrected chi connectivity index (χ2v) is 4.51. The van der Waals surface area contributed by atoms with E-state index in [2.05, 4.69) is 15.5 Å². The molecule has 2 aromatic rings. The molecule has 1 heterocycles. The van der Waals surface area contributed by atoms with Crippen LogP contribution in [0.1, 0.15) is 16.2 Å². The van der Waals surface area contributed by atoms with Crippen LogP contribution < -0.4 is 11.1 Å². The van der Waals surface area contributed by atoms with Gasteiger partial charge in [0.25, 0.3) is 5.91 Å². The lowest BCUT2D eigenvalue weighted by atomic mass is 10.1. The molecular formula is C13H17N5O2. The molecule has 1 amide bonds. The number of nitrogens with two attached hydrogens (primary N) is 1. The van der Waals surface area contributed by atoms with Crippen LogP contribution in [0.3, 0.4) is 0 Å². The molecule has 0 spiro atoms. The summed E-state index contributed by atoms with van der Waals surface area (Å²) in [5.74, 6) is 0.488. The Morgan fingerprint density at radius 3 is 2.90 bits per heavy atom. The highest BCUT2D eigenvalue weighted by Crippen LogP contribution is 2.20. The van der Waals surface area contributed by atoms with Crippen molar-refractivity contribution in [2.24, 2.45) is 0 Å². The largest absolute Gasteiger partial charge is 0.397 e. The number of nitrogens with one attached hydrogen (secondary N) is 1. The van der Waals surface area contributed by atoms with Crippen molar-refractivity contribution in [3.63, 3.8) is 0 Å². The molecule has 0 saturated carbocycles. The first kappa shape index (κ1) is 13.9. The Bertz CT molecular complexity index is 580. The lowest BCUT2D eigenvalue weighted by Crippen LogP contribution is -2.22. The molecular weight excluding hydrogens is 258 g/mol. The van der Waals surface area contributed by atoms with E-state index in [0.29, 0.717) is 30.1 Å². The van der Waals surface area contributed by atoms with Crippen LogP contribution in [-0.2, 0) is 6.42 Å².